The molecule has 0 bridgehead atoms. The van der Waals surface area contributed by atoms with Crippen LogP contribution in [0.4, 0.5) is 0 Å². The van der Waals surface area contributed by atoms with Crippen molar-refractivity contribution in [2.24, 2.45) is 5.92 Å². The second-order valence-electron chi connectivity index (χ2n) is 6.68. The lowest BCUT2D eigenvalue weighted by molar-refractivity contribution is -0.0366. The molecule has 0 N–H and O–H groups in total. The minimum Gasteiger partial charge on any atom is -0.356 e. The maximum atomic E-state index is 5.92. The molecule has 4 rings (SSSR count). The van der Waals surface area contributed by atoms with Gasteiger partial charge in [-0.3, -0.25) is 0 Å². The number of fused-ring (bicyclic) bond motifs is 1. The molecule has 3 nitrogen and oxygen atoms in total. The first-order valence-corrected chi connectivity index (χ1v) is 8.62. The molecule has 1 fully saturated rings. The second-order valence-corrected chi connectivity index (χ2v) is 6.68. The minimum atomic E-state index is 0.110. The lowest BCUT2D eigenvalue weighted by Crippen LogP contribution is -2.19. The molecule has 1 aromatic carbocycles. The first-order chi connectivity index (χ1) is 10.8. The Hall–Kier alpha value is -1.61. The Kier molecular flexibility index (Phi) is 3.75. The number of allylic oxidation sites excluding steroid dienone is 2. The predicted octanol–water partition coefficient (Wildman–Crippen LogP) is 4.94. The van der Waals surface area contributed by atoms with E-state index in [1.807, 2.05) is 6.20 Å². The molecular formula is C19H24N2O. The molecule has 0 saturated carbocycles. The van der Waals surface area contributed by atoms with E-state index in [4.69, 9.17) is 4.74 Å². The monoisotopic (exact) mass is 296 g/mol. The molecule has 1 aromatic heterocycles. The van der Waals surface area contributed by atoms with Crippen molar-refractivity contribution in [2.75, 3.05) is 6.61 Å². The van der Waals surface area contributed by atoms with Gasteiger partial charge in [0.15, 0.2) is 6.23 Å². The van der Waals surface area contributed by atoms with Crippen molar-refractivity contribution in [1.82, 2.24) is 9.78 Å². The largest absolute Gasteiger partial charge is 0.356 e. The van der Waals surface area contributed by atoms with Crippen LogP contribution < -0.4 is 0 Å². The van der Waals surface area contributed by atoms with Gasteiger partial charge in [0.1, 0.15) is 0 Å². The van der Waals surface area contributed by atoms with Crippen LogP contribution in [0.2, 0.25) is 0 Å². The van der Waals surface area contributed by atoms with Gasteiger partial charge in [0.2, 0.25) is 0 Å². The van der Waals surface area contributed by atoms with Crippen LogP contribution in [-0.4, -0.2) is 16.4 Å². The van der Waals surface area contributed by atoms with Crippen LogP contribution >= 0.6 is 0 Å². The number of aromatic nitrogens is 2. The SMILES string of the molecule is CC1CCCC=C1c1ccc2cnn(C3CCCCO3)c2c1. The average molecular weight is 296 g/mol. The van der Waals surface area contributed by atoms with E-state index >= 15 is 0 Å². The summed E-state index contributed by atoms with van der Waals surface area (Å²) in [4.78, 5) is 0. The third-order valence-corrected chi connectivity index (χ3v) is 5.10. The van der Waals surface area contributed by atoms with Crippen LogP contribution in [-0.2, 0) is 4.74 Å². The van der Waals surface area contributed by atoms with Gasteiger partial charge in [-0.05, 0) is 61.6 Å². The zero-order valence-electron chi connectivity index (χ0n) is 13.3. The Balaban J connectivity index is 1.74. The highest BCUT2D eigenvalue weighted by atomic mass is 16.5. The van der Waals surface area contributed by atoms with Gasteiger partial charge in [-0.15, -0.1) is 0 Å². The molecule has 3 heteroatoms. The molecule has 2 unspecified atom stereocenters. The maximum Gasteiger partial charge on any atom is 0.150 e. The van der Waals surface area contributed by atoms with Gasteiger partial charge in [0, 0.05) is 12.0 Å². The molecule has 2 aromatic rings. The fourth-order valence-electron chi connectivity index (χ4n) is 3.80. The van der Waals surface area contributed by atoms with E-state index in [1.54, 1.807) is 0 Å². The fraction of sp³-hybridized carbons (Fsp3) is 0.526. The Labute approximate surface area is 132 Å². The summed E-state index contributed by atoms with van der Waals surface area (Å²) in [6, 6.07) is 6.77. The van der Waals surface area contributed by atoms with Gasteiger partial charge in [-0.25, -0.2) is 4.68 Å². The summed E-state index contributed by atoms with van der Waals surface area (Å²) >= 11 is 0. The van der Waals surface area contributed by atoms with Crippen molar-refractivity contribution < 1.29 is 4.74 Å². The summed E-state index contributed by atoms with van der Waals surface area (Å²) in [5.41, 5.74) is 4.07. The van der Waals surface area contributed by atoms with Crippen LogP contribution in [0.15, 0.2) is 30.5 Å². The van der Waals surface area contributed by atoms with Gasteiger partial charge in [-0.1, -0.05) is 25.1 Å². The van der Waals surface area contributed by atoms with E-state index in [-0.39, 0.29) is 6.23 Å². The van der Waals surface area contributed by atoms with E-state index in [9.17, 15) is 0 Å². The van der Waals surface area contributed by atoms with E-state index < -0.39 is 0 Å². The predicted molar refractivity (Wildman–Crippen MR) is 89.6 cm³/mol. The summed E-state index contributed by atoms with van der Waals surface area (Å²) in [7, 11) is 0. The molecule has 1 aliphatic heterocycles. The van der Waals surface area contributed by atoms with Gasteiger partial charge >= 0.3 is 0 Å². The third kappa shape index (κ3) is 2.48. The van der Waals surface area contributed by atoms with E-state index in [1.165, 1.54) is 54.1 Å². The Morgan fingerprint density at radius 3 is 2.95 bits per heavy atom. The Bertz CT molecular complexity index is 695. The molecule has 0 radical (unpaired) electrons. The number of hydrogen-bond donors (Lipinski definition) is 0. The topological polar surface area (TPSA) is 27.1 Å². The van der Waals surface area contributed by atoms with E-state index in [2.05, 4.69) is 41.0 Å². The zero-order valence-corrected chi connectivity index (χ0v) is 13.3. The highest BCUT2D eigenvalue weighted by Crippen LogP contribution is 2.34. The molecule has 1 saturated heterocycles. The summed E-state index contributed by atoms with van der Waals surface area (Å²) in [6.45, 7) is 3.20. The highest BCUT2D eigenvalue weighted by Gasteiger charge is 2.20. The molecule has 2 heterocycles. The van der Waals surface area contributed by atoms with Crippen molar-refractivity contribution in [2.45, 2.75) is 51.7 Å². The number of benzene rings is 1. The quantitative estimate of drug-likeness (QED) is 0.785. The number of nitrogens with zero attached hydrogens (tertiary/aromatic N) is 2. The maximum absolute atomic E-state index is 5.92. The molecule has 0 amide bonds. The number of hydrogen-bond acceptors (Lipinski definition) is 2. The van der Waals surface area contributed by atoms with Gasteiger partial charge in [0.25, 0.3) is 0 Å². The van der Waals surface area contributed by atoms with Crippen LogP contribution in [0.1, 0.15) is 57.2 Å². The molecule has 1 aliphatic carbocycles. The fourth-order valence-corrected chi connectivity index (χ4v) is 3.80. The average Bonchev–Trinajstić information content (AvgIpc) is 2.99. The van der Waals surface area contributed by atoms with E-state index in [0.717, 1.165) is 13.0 Å². The molecule has 2 aliphatic rings. The van der Waals surface area contributed by atoms with Gasteiger partial charge in [0.05, 0.1) is 11.7 Å². The van der Waals surface area contributed by atoms with Gasteiger partial charge in [-0.2, -0.15) is 5.10 Å². The first kappa shape index (κ1) is 14.0. The molecule has 2 atom stereocenters. The smallest absolute Gasteiger partial charge is 0.150 e. The van der Waals surface area contributed by atoms with Crippen molar-refractivity contribution >= 4 is 16.5 Å². The summed E-state index contributed by atoms with van der Waals surface area (Å²) in [5, 5.41) is 5.81. The lowest BCUT2D eigenvalue weighted by atomic mass is 9.85. The van der Waals surface area contributed by atoms with Crippen LogP contribution in [0.3, 0.4) is 0 Å². The van der Waals surface area contributed by atoms with Crippen molar-refractivity contribution in [1.29, 1.82) is 0 Å². The molecule has 116 valence electrons. The lowest BCUT2D eigenvalue weighted by Gasteiger charge is -2.24. The second kappa shape index (κ2) is 5.88. The Morgan fingerprint density at radius 1 is 1.18 bits per heavy atom. The molecule has 22 heavy (non-hydrogen) atoms. The molecular weight excluding hydrogens is 272 g/mol. The van der Waals surface area contributed by atoms with Crippen LogP contribution in [0, 0.1) is 5.92 Å². The van der Waals surface area contributed by atoms with E-state index in [0.29, 0.717) is 5.92 Å². The summed E-state index contributed by atoms with van der Waals surface area (Å²) in [5.74, 6) is 0.661. The summed E-state index contributed by atoms with van der Waals surface area (Å²) in [6.07, 6.45) is 11.8. The number of ether oxygens (including phenoxy) is 1. The number of rotatable bonds is 2. The highest BCUT2D eigenvalue weighted by molar-refractivity contribution is 5.84. The van der Waals surface area contributed by atoms with Crippen molar-refractivity contribution in [3.8, 4) is 0 Å². The third-order valence-electron chi connectivity index (χ3n) is 5.10. The normalized spacial score (nSPS) is 26.1. The van der Waals surface area contributed by atoms with Crippen LogP contribution in [0.5, 0.6) is 0 Å². The summed E-state index contributed by atoms with van der Waals surface area (Å²) < 4.78 is 8.01. The Morgan fingerprint density at radius 2 is 2.14 bits per heavy atom. The zero-order chi connectivity index (χ0) is 14.9. The van der Waals surface area contributed by atoms with Crippen LogP contribution in [0.25, 0.3) is 16.5 Å². The van der Waals surface area contributed by atoms with Crippen molar-refractivity contribution in [3.63, 3.8) is 0 Å². The molecule has 0 spiro atoms. The minimum absolute atomic E-state index is 0.110. The standard InChI is InChI=1S/C19H24N2O/c1-14-6-2-3-7-17(14)15-9-10-16-13-20-21(18(16)12-15)19-8-4-5-11-22-19/h7,9-10,12-14,19H,2-6,8,11H2,1H3. The van der Waals surface area contributed by atoms with Gasteiger partial charge < -0.3 is 4.74 Å². The first-order valence-electron chi connectivity index (χ1n) is 8.62. The van der Waals surface area contributed by atoms with Crippen molar-refractivity contribution in [3.05, 3.63) is 36.0 Å².